The summed E-state index contributed by atoms with van der Waals surface area (Å²) in [5.41, 5.74) is -0.996. The fraction of sp³-hybridized carbons (Fsp3) is 0.467. The molecule has 0 aliphatic carbocycles. The van der Waals surface area contributed by atoms with Crippen LogP contribution in [0.4, 0.5) is 18.9 Å². The van der Waals surface area contributed by atoms with Crippen LogP contribution in [0.3, 0.4) is 0 Å². The van der Waals surface area contributed by atoms with Crippen LogP contribution in [0.5, 0.6) is 0 Å². The predicted octanol–water partition coefficient (Wildman–Crippen LogP) is 3.64. The van der Waals surface area contributed by atoms with Gasteiger partial charge in [-0.15, -0.1) is 0 Å². The fourth-order valence-electron chi connectivity index (χ4n) is 2.84. The Balaban J connectivity index is 1.65. The van der Waals surface area contributed by atoms with Crippen molar-refractivity contribution in [3.8, 4) is 0 Å². The molecule has 0 amide bonds. The van der Waals surface area contributed by atoms with E-state index in [1.807, 2.05) is 4.90 Å². The minimum absolute atomic E-state index is 0.0225. The van der Waals surface area contributed by atoms with E-state index in [0.29, 0.717) is 18.2 Å². The molecule has 1 N–H and O–H groups in total. The maximum atomic E-state index is 13.0. The quantitative estimate of drug-likeness (QED) is 0.790. The van der Waals surface area contributed by atoms with Crippen molar-refractivity contribution < 1.29 is 18.0 Å². The van der Waals surface area contributed by atoms with E-state index in [4.69, 9.17) is 17.1 Å². The Morgan fingerprint density at radius 2 is 1.96 bits per heavy atom. The summed E-state index contributed by atoms with van der Waals surface area (Å²) in [5, 5.41) is 6.85. The van der Waals surface area contributed by atoms with Crippen LogP contribution in [-0.2, 0) is 11.0 Å². The van der Waals surface area contributed by atoms with Gasteiger partial charge in [0.25, 0.3) is 0 Å². The Hall–Kier alpha value is -1.83. The van der Waals surface area contributed by atoms with Gasteiger partial charge in [-0.2, -0.15) is 13.2 Å². The van der Waals surface area contributed by atoms with Gasteiger partial charge in [0.2, 0.25) is 0 Å². The number of thiocarbonyl (C=S) groups is 1. The molecule has 1 aromatic carbocycles. The lowest BCUT2D eigenvalue weighted by atomic mass is 9.89. The molecular weight excluding hydrogens is 327 g/mol. The highest BCUT2D eigenvalue weighted by Crippen LogP contribution is 2.35. The first kappa shape index (κ1) is 16.0. The van der Waals surface area contributed by atoms with Crippen LogP contribution in [-0.4, -0.2) is 34.9 Å². The van der Waals surface area contributed by atoms with Crippen LogP contribution in [0.1, 0.15) is 24.8 Å². The molecule has 0 atom stereocenters. The van der Waals surface area contributed by atoms with Gasteiger partial charge in [-0.1, -0.05) is 17.3 Å². The first-order chi connectivity index (χ1) is 10.9. The Labute approximate surface area is 137 Å². The average molecular weight is 343 g/mol. The number of hydrogen-bond acceptors (Lipinski definition) is 3. The van der Waals surface area contributed by atoms with E-state index in [1.54, 1.807) is 12.3 Å². The van der Waals surface area contributed by atoms with Gasteiger partial charge in [-0.25, -0.2) is 0 Å². The molecule has 0 aromatic heterocycles. The van der Waals surface area contributed by atoms with Crippen LogP contribution in [0, 0.1) is 0 Å². The van der Waals surface area contributed by atoms with Gasteiger partial charge < -0.3 is 15.1 Å². The van der Waals surface area contributed by atoms with E-state index in [9.17, 15) is 13.2 Å². The molecule has 2 aliphatic heterocycles. The van der Waals surface area contributed by atoms with E-state index >= 15 is 0 Å². The summed E-state index contributed by atoms with van der Waals surface area (Å²) < 4.78 is 39.0. The fourth-order valence-corrected chi connectivity index (χ4v) is 3.13. The second kappa shape index (κ2) is 5.99. The molecule has 8 heteroatoms. The molecule has 1 saturated heterocycles. The molecule has 4 nitrogen and oxygen atoms in total. The third kappa shape index (κ3) is 3.41. The molecule has 1 spiro atoms. The first-order valence-corrected chi connectivity index (χ1v) is 7.73. The number of halogens is 3. The number of hydrogen-bond donors (Lipinski definition) is 1. The Morgan fingerprint density at radius 3 is 2.57 bits per heavy atom. The minimum Gasteiger partial charge on any atom is -0.389 e. The van der Waals surface area contributed by atoms with Crippen molar-refractivity contribution >= 4 is 29.2 Å². The molecule has 1 aromatic rings. The van der Waals surface area contributed by atoms with Crippen molar-refractivity contribution in [1.82, 2.24) is 4.90 Å². The number of oxime groups is 1. The molecular formula is C15H16F3N3OS. The third-order valence-corrected chi connectivity index (χ3v) is 4.58. The van der Waals surface area contributed by atoms with Gasteiger partial charge in [-0.3, -0.25) is 0 Å². The molecule has 23 heavy (non-hydrogen) atoms. The predicted molar refractivity (Wildman–Crippen MR) is 85.4 cm³/mol. The average Bonchev–Trinajstić information content (AvgIpc) is 2.95. The van der Waals surface area contributed by atoms with Crippen LogP contribution in [0.2, 0.25) is 0 Å². The van der Waals surface area contributed by atoms with Crippen LogP contribution in [0.25, 0.3) is 0 Å². The number of benzene rings is 1. The van der Waals surface area contributed by atoms with Crippen molar-refractivity contribution in [2.75, 3.05) is 18.4 Å². The van der Waals surface area contributed by atoms with E-state index in [-0.39, 0.29) is 11.3 Å². The molecule has 3 rings (SSSR count). The van der Waals surface area contributed by atoms with E-state index in [0.717, 1.165) is 25.3 Å². The highest BCUT2D eigenvalue weighted by Gasteiger charge is 2.39. The van der Waals surface area contributed by atoms with E-state index in [2.05, 4.69) is 10.5 Å². The van der Waals surface area contributed by atoms with Crippen molar-refractivity contribution in [3.05, 3.63) is 29.8 Å². The number of alkyl halides is 3. The molecule has 124 valence electrons. The van der Waals surface area contributed by atoms with E-state index in [1.165, 1.54) is 12.1 Å². The largest absolute Gasteiger partial charge is 0.418 e. The van der Waals surface area contributed by atoms with Gasteiger partial charge in [0.1, 0.15) is 5.60 Å². The Bertz CT molecular complexity index is 615. The zero-order valence-electron chi connectivity index (χ0n) is 12.3. The van der Waals surface area contributed by atoms with Crippen LogP contribution in [0.15, 0.2) is 29.4 Å². The summed E-state index contributed by atoms with van der Waals surface area (Å²) in [6.45, 7) is 1.26. The number of anilines is 1. The number of piperidine rings is 1. The maximum absolute atomic E-state index is 13.0. The maximum Gasteiger partial charge on any atom is 0.418 e. The van der Waals surface area contributed by atoms with Gasteiger partial charge in [0.05, 0.1) is 11.3 Å². The van der Waals surface area contributed by atoms with E-state index < -0.39 is 11.7 Å². The highest BCUT2D eigenvalue weighted by molar-refractivity contribution is 7.80. The summed E-state index contributed by atoms with van der Waals surface area (Å²) >= 11 is 5.28. The highest BCUT2D eigenvalue weighted by atomic mass is 32.1. The van der Waals surface area contributed by atoms with Gasteiger partial charge in [0, 0.05) is 38.6 Å². The van der Waals surface area contributed by atoms with Crippen molar-refractivity contribution in [3.63, 3.8) is 0 Å². The lowest BCUT2D eigenvalue weighted by Gasteiger charge is -2.38. The smallest absolute Gasteiger partial charge is 0.389 e. The monoisotopic (exact) mass is 343 g/mol. The zero-order chi connectivity index (χ0) is 16.5. The number of nitrogens with one attached hydrogen (secondary N) is 1. The van der Waals surface area contributed by atoms with Crippen LogP contribution >= 0.6 is 12.2 Å². The number of rotatable bonds is 1. The second-order valence-electron chi connectivity index (χ2n) is 5.73. The first-order valence-electron chi connectivity index (χ1n) is 7.32. The molecule has 0 saturated carbocycles. The molecule has 0 bridgehead atoms. The lowest BCUT2D eigenvalue weighted by Crippen LogP contribution is -2.47. The number of para-hydroxylation sites is 1. The Morgan fingerprint density at radius 1 is 1.26 bits per heavy atom. The van der Waals surface area contributed by atoms with Crippen molar-refractivity contribution in [1.29, 1.82) is 0 Å². The SMILES string of the molecule is FC(F)(F)c1ccccc1NC(=S)N1CCC2(CC=NO2)CC1. The topological polar surface area (TPSA) is 36.9 Å². The summed E-state index contributed by atoms with van der Waals surface area (Å²) in [6, 6.07) is 5.34. The third-order valence-electron chi connectivity index (χ3n) is 4.22. The number of likely N-dealkylation sites (tertiary alicyclic amines) is 1. The summed E-state index contributed by atoms with van der Waals surface area (Å²) in [6.07, 6.45) is -0.393. The molecule has 2 aliphatic rings. The summed E-state index contributed by atoms with van der Waals surface area (Å²) in [4.78, 5) is 7.29. The molecule has 0 radical (unpaired) electrons. The van der Waals surface area contributed by atoms with Crippen LogP contribution < -0.4 is 5.32 Å². The summed E-state index contributed by atoms with van der Waals surface area (Å²) in [5.74, 6) is 0. The van der Waals surface area contributed by atoms with Gasteiger partial charge in [-0.05, 0) is 24.4 Å². The number of nitrogens with zero attached hydrogens (tertiary/aromatic N) is 2. The van der Waals surface area contributed by atoms with Crippen molar-refractivity contribution in [2.24, 2.45) is 5.16 Å². The Kier molecular flexibility index (Phi) is 4.18. The molecule has 0 unspecified atom stereocenters. The van der Waals surface area contributed by atoms with Gasteiger partial charge in [0.15, 0.2) is 5.11 Å². The van der Waals surface area contributed by atoms with Gasteiger partial charge >= 0.3 is 6.18 Å². The molecule has 2 heterocycles. The van der Waals surface area contributed by atoms with Crippen molar-refractivity contribution in [2.45, 2.75) is 31.0 Å². The lowest BCUT2D eigenvalue weighted by molar-refractivity contribution is -0.136. The normalized spacial score (nSPS) is 19.7. The zero-order valence-corrected chi connectivity index (χ0v) is 13.1. The summed E-state index contributed by atoms with van der Waals surface area (Å²) in [7, 11) is 0. The second-order valence-corrected chi connectivity index (χ2v) is 6.11. The standard InChI is InChI=1S/C15H16F3N3OS/c16-15(17,18)11-3-1-2-4-12(11)20-13(23)21-9-6-14(7-10-21)5-8-19-22-14/h1-4,8H,5-7,9-10H2,(H,20,23). The molecule has 1 fully saturated rings. The minimum atomic E-state index is -4.42.